The molecule has 1 fully saturated rings. The van der Waals surface area contributed by atoms with Crippen molar-refractivity contribution in [1.82, 2.24) is 4.98 Å². The fraction of sp³-hybridized carbons (Fsp3) is 0.500. The van der Waals surface area contributed by atoms with Gasteiger partial charge in [0.25, 0.3) is 0 Å². The van der Waals surface area contributed by atoms with Crippen molar-refractivity contribution >= 4 is 17.4 Å². The number of nitrogens with zero attached hydrogens (tertiary/aromatic N) is 1. The van der Waals surface area contributed by atoms with Gasteiger partial charge in [0.15, 0.2) is 0 Å². The molecule has 1 aromatic rings. The first-order valence-electron chi connectivity index (χ1n) is 4.92. The first kappa shape index (κ1) is 10.7. The molecule has 4 N–H and O–H groups in total. The Bertz CT molecular complexity index is 353. The zero-order valence-corrected chi connectivity index (χ0v) is 9.07. The fourth-order valence-electron chi connectivity index (χ4n) is 1.82. The maximum atomic E-state index is 6.11. The lowest BCUT2D eigenvalue weighted by Crippen LogP contribution is -2.23. The Labute approximate surface area is 93.6 Å². The molecule has 0 amide bonds. The van der Waals surface area contributed by atoms with E-state index in [9.17, 15) is 0 Å². The van der Waals surface area contributed by atoms with E-state index in [1.807, 2.05) is 0 Å². The number of hydrogen-bond donors (Lipinski definition) is 2. The summed E-state index contributed by atoms with van der Waals surface area (Å²) in [6, 6.07) is 1.64. The maximum Gasteiger partial charge on any atom is 0.128 e. The van der Waals surface area contributed by atoms with E-state index in [4.69, 9.17) is 27.8 Å². The van der Waals surface area contributed by atoms with Crippen molar-refractivity contribution in [2.24, 2.45) is 11.7 Å². The van der Waals surface area contributed by atoms with Gasteiger partial charge in [-0.25, -0.2) is 4.98 Å². The van der Waals surface area contributed by atoms with Crippen molar-refractivity contribution in [3.05, 3.63) is 22.8 Å². The molecule has 1 aliphatic rings. The van der Waals surface area contributed by atoms with Gasteiger partial charge in [0.2, 0.25) is 0 Å². The van der Waals surface area contributed by atoms with E-state index in [-0.39, 0.29) is 6.04 Å². The number of rotatable bonds is 2. The van der Waals surface area contributed by atoms with Gasteiger partial charge in [-0.15, -0.1) is 0 Å². The smallest absolute Gasteiger partial charge is 0.128 e. The third kappa shape index (κ3) is 2.22. The second-order valence-corrected chi connectivity index (χ2v) is 4.21. The van der Waals surface area contributed by atoms with Crippen LogP contribution in [0, 0.1) is 5.92 Å². The predicted octanol–water partition coefficient (Wildman–Crippen LogP) is 1.35. The molecule has 82 valence electrons. The molecule has 5 heteroatoms. The van der Waals surface area contributed by atoms with Crippen LogP contribution in [0.2, 0.25) is 5.02 Å². The van der Waals surface area contributed by atoms with Crippen LogP contribution < -0.4 is 11.5 Å². The van der Waals surface area contributed by atoms with Gasteiger partial charge in [-0.3, -0.25) is 0 Å². The summed E-state index contributed by atoms with van der Waals surface area (Å²) in [6.07, 6.45) is 2.49. The van der Waals surface area contributed by atoms with Crippen LogP contribution in [0.4, 0.5) is 5.82 Å². The average Bonchev–Trinajstić information content (AvgIpc) is 2.74. The summed E-state index contributed by atoms with van der Waals surface area (Å²) in [6.45, 7) is 1.46. The van der Waals surface area contributed by atoms with Crippen molar-refractivity contribution < 1.29 is 4.74 Å². The Morgan fingerprint density at radius 1 is 1.60 bits per heavy atom. The molecule has 0 aliphatic carbocycles. The molecule has 1 aliphatic heterocycles. The molecule has 0 bridgehead atoms. The van der Waals surface area contributed by atoms with E-state index in [0.29, 0.717) is 23.4 Å². The average molecular weight is 228 g/mol. The largest absolute Gasteiger partial charge is 0.383 e. The highest BCUT2D eigenvalue weighted by Gasteiger charge is 2.25. The van der Waals surface area contributed by atoms with E-state index in [1.165, 1.54) is 6.20 Å². The minimum Gasteiger partial charge on any atom is -0.383 e. The van der Waals surface area contributed by atoms with Crippen LogP contribution in [0.3, 0.4) is 0 Å². The number of aromatic nitrogens is 1. The molecule has 0 aromatic carbocycles. The number of anilines is 1. The second-order valence-electron chi connectivity index (χ2n) is 3.78. The first-order valence-corrected chi connectivity index (χ1v) is 5.30. The van der Waals surface area contributed by atoms with Crippen LogP contribution in [-0.4, -0.2) is 18.2 Å². The highest BCUT2D eigenvalue weighted by Crippen LogP contribution is 2.30. The van der Waals surface area contributed by atoms with E-state index in [0.717, 1.165) is 18.6 Å². The summed E-state index contributed by atoms with van der Waals surface area (Å²) >= 11 is 5.86. The molecule has 15 heavy (non-hydrogen) atoms. The van der Waals surface area contributed by atoms with Crippen molar-refractivity contribution in [2.45, 2.75) is 12.5 Å². The first-order chi connectivity index (χ1) is 7.18. The molecule has 0 saturated carbocycles. The lowest BCUT2D eigenvalue weighted by Gasteiger charge is -2.19. The fourth-order valence-corrected chi connectivity index (χ4v) is 1.99. The van der Waals surface area contributed by atoms with Gasteiger partial charge in [-0.2, -0.15) is 0 Å². The molecule has 1 saturated heterocycles. The van der Waals surface area contributed by atoms with Gasteiger partial charge in [0, 0.05) is 30.3 Å². The van der Waals surface area contributed by atoms with Crippen LogP contribution in [0.15, 0.2) is 12.3 Å². The van der Waals surface area contributed by atoms with Crippen LogP contribution in [0.5, 0.6) is 0 Å². The van der Waals surface area contributed by atoms with Gasteiger partial charge in [0.1, 0.15) is 5.82 Å². The molecule has 0 radical (unpaired) electrons. The highest BCUT2D eigenvalue weighted by atomic mass is 35.5. The van der Waals surface area contributed by atoms with Gasteiger partial charge in [-0.05, 0) is 12.5 Å². The Balaban J connectivity index is 2.23. The van der Waals surface area contributed by atoms with E-state index in [2.05, 4.69) is 4.98 Å². The topological polar surface area (TPSA) is 74.2 Å². The molecule has 4 nitrogen and oxygen atoms in total. The van der Waals surface area contributed by atoms with E-state index >= 15 is 0 Å². The van der Waals surface area contributed by atoms with Crippen LogP contribution in [0.1, 0.15) is 18.0 Å². The Hall–Kier alpha value is -0.840. The molecular weight excluding hydrogens is 214 g/mol. The lowest BCUT2D eigenvalue weighted by atomic mass is 9.93. The minimum absolute atomic E-state index is 0.140. The summed E-state index contributed by atoms with van der Waals surface area (Å²) in [5, 5.41) is 0.563. The van der Waals surface area contributed by atoms with E-state index in [1.54, 1.807) is 6.07 Å². The number of hydrogen-bond acceptors (Lipinski definition) is 4. The van der Waals surface area contributed by atoms with Crippen molar-refractivity contribution in [2.75, 3.05) is 18.9 Å². The third-order valence-electron chi connectivity index (χ3n) is 2.75. The number of ether oxygens (including phenoxy) is 1. The Kier molecular flexibility index (Phi) is 3.09. The van der Waals surface area contributed by atoms with Crippen molar-refractivity contribution in [3.63, 3.8) is 0 Å². The zero-order chi connectivity index (χ0) is 10.8. The van der Waals surface area contributed by atoms with Gasteiger partial charge in [-0.1, -0.05) is 11.6 Å². The van der Waals surface area contributed by atoms with Crippen LogP contribution in [-0.2, 0) is 4.74 Å². The Morgan fingerprint density at radius 2 is 2.40 bits per heavy atom. The SMILES string of the molecule is Nc1ncc(Cl)cc1C(N)C1CCOC1. The predicted molar refractivity (Wildman–Crippen MR) is 59.5 cm³/mol. The van der Waals surface area contributed by atoms with Crippen molar-refractivity contribution in [3.8, 4) is 0 Å². The maximum absolute atomic E-state index is 6.11. The molecule has 0 spiro atoms. The third-order valence-corrected chi connectivity index (χ3v) is 2.95. The number of nitrogen functional groups attached to an aromatic ring is 1. The highest BCUT2D eigenvalue weighted by molar-refractivity contribution is 6.30. The van der Waals surface area contributed by atoms with Gasteiger partial charge < -0.3 is 16.2 Å². The lowest BCUT2D eigenvalue weighted by molar-refractivity contribution is 0.181. The number of halogens is 1. The zero-order valence-electron chi connectivity index (χ0n) is 8.32. The molecule has 2 rings (SSSR count). The molecule has 2 unspecified atom stereocenters. The van der Waals surface area contributed by atoms with Crippen LogP contribution >= 0.6 is 11.6 Å². The minimum atomic E-state index is -0.140. The van der Waals surface area contributed by atoms with Crippen molar-refractivity contribution in [1.29, 1.82) is 0 Å². The van der Waals surface area contributed by atoms with E-state index < -0.39 is 0 Å². The normalized spacial score (nSPS) is 22.9. The second kappa shape index (κ2) is 4.35. The summed E-state index contributed by atoms with van der Waals surface area (Å²) in [7, 11) is 0. The molecule has 1 aromatic heterocycles. The molecule has 2 atom stereocenters. The number of nitrogens with two attached hydrogens (primary N) is 2. The van der Waals surface area contributed by atoms with Gasteiger partial charge >= 0.3 is 0 Å². The summed E-state index contributed by atoms with van der Waals surface area (Å²) in [5.41, 5.74) is 12.7. The Morgan fingerprint density at radius 3 is 3.07 bits per heavy atom. The monoisotopic (exact) mass is 227 g/mol. The molecular formula is C10H14ClN3O. The van der Waals surface area contributed by atoms with Crippen LogP contribution in [0.25, 0.3) is 0 Å². The van der Waals surface area contributed by atoms with Gasteiger partial charge in [0.05, 0.1) is 11.6 Å². The molecule has 2 heterocycles. The quantitative estimate of drug-likeness (QED) is 0.800. The summed E-state index contributed by atoms with van der Waals surface area (Å²) in [4.78, 5) is 4.00. The summed E-state index contributed by atoms with van der Waals surface area (Å²) < 4.78 is 5.30. The standard InChI is InChI=1S/C10H14ClN3O/c11-7-3-8(10(13)14-4-7)9(12)6-1-2-15-5-6/h3-4,6,9H,1-2,5,12H2,(H2,13,14). The summed E-state index contributed by atoms with van der Waals surface area (Å²) in [5.74, 6) is 0.770. The number of pyridine rings is 1.